The Labute approximate surface area is 210 Å². The third kappa shape index (κ3) is 4.24. The lowest BCUT2D eigenvalue weighted by atomic mass is 9.92. The monoisotopic (exact) mass is 480 g/mol. The van der Waals surface area contributed by atoms with E-state index in [2.05, 4.69) is 36.5 Å². The number of aromatic nitrogens is 2. The molecule has 0 spiro atoms. The van der Waals surface area contributed by atoms with Crippen molar-refractivity contribution >= 4 is 17.3 Å². The third-order valence-corrected chi connectivity index (χ3v) is 6.59. The highest BCUT2D eigenvalue weighted by molar-refractivity contribution is 6.01. The van der Waals surface area contributed by atoms with Crippen LogP contribution in [0.15, 0.2) is 77.0 Å². The van der Waals surface area contributed by atoms with Gasteiger partial charge in [0.05, 0.1) is 24.4 Å². The van der Waals surface area contributed by atoms with Crippen molar-refractivity contribution in [2.24, 2.45) is 0 Å². The normalized spacial score (nSPS) is 15.8. The van der Waals surface area contributed by atoms with E-state index in [1.165, 1.54) is 5.56 Å². The zero-order valence-corrected chi connectivity index (χ0v) is 21.0. The Morgan fingerprint density at radius 1 is 0.944 bits per heavy atom. The second-order valence-corrected chi connectivity index (χ2v) is 9.05. The molecule has 7 heteroatoms. The number of benzene rings is 3. The molecule has 1 unspecified atom stereocenters. The molecule has 2 heterocycles. The van der Waals surface area contributed by atoms with E-state index < -0.39 is 6.04 Å². The first-order valence-corrected chi connectivity index (χ1v) is 11.8. The van der Waals surface area contributed by atoms with Gasteiger partial charge in [0, 0.05) is 17.3 Å². The van der Waals surface area contributed by atoms with Crippen LogP contribution in [0.3, 0.4) is 0 Å². The number of anilines is 1. The van der Waals surface area contributed by atoms with Crippen molar-refractivity contribution in [3.8, 4) is 17.1 Å². The van der Waals surface area contributed by atoms with E-state index in [1.54, 1.807) is 12.0 Å². The quantitative estimate of drug-likeness (QED) is 0.359. The molecule has 182 valence electrons. The minimum absolute atomic E-state index is 0.244. The molecule has 1 aromatic heterocycles. The second-order valence-electron chi connectivity index (χ2n) is 9.05. The van der Waals surface area contributed by atoms with Gasteiger partial charge in [-0.05, 0) is 62.6 Å². The number of hydrogen-bond donors (Lipinski definition) is 1. The van der Waals surface area contributed by atoms with Gasteiger partial charge in [-0.15, -0.1) is 0 Å². The van der Waals surface area contributed by atoms with Crippen molar-refractivity contribution in [3.05, 3.63) is 101 Å². The highest BCUT2D eigenvalue weighted by Crippen LogP contribution is 2.40. The SMILES string of the molecule is COc1cccc(N2C(=O)NC(c3ccc(C)c(C)c3)C(c3nc(-c4cccc(C)c4)no3)=C2C)c1. The van der Waals surface area contributed by atoms with Gasteiger partial charge in [0.15, 0.2) is 0 Å². The van der Waals surface area contributed by atoms with Gasteiger partial charge in [0.2, 0.25) is 5.82 Å². The van der Waals surface area contributed by atoms with E-state index >= 15 is 0 Å². The third-order valence-electron chi connectivity index (χ3n) is 6.59. The first-order chi connectivity index (χ1) is 17.4. The number of hydrogen-bond acceptors (Lipinski definition) is 5. The van der Waals surface area contributed by atoms with Crippen molar-refractivity contribution in [1.29, 1.82) is 0 Å². The fourth-order valence-corrected chi connectivity index (χ4v) is 4.51. The number of nitrogens with zero attached hydrogens (tertiary/aromatic N) is 3. The maximum atomic E-state index is 13.5. The topological polar surface area (TPSA) is 80.5 Å². The van der Waals surface area contributed by atoms with Gasteiger partial charge in [0.25, 0.3) is 5.89 Å². The highest BCUT2D eigenvalue weighted by atomic mass is 16.5. The minimum atomic E-state index is -0.454. The summed E-state index contributed by atoms with van der Waals surface area (Å²) >= 11 is 0. The fourth-order valence-electron chi connectivity index (χ4n) is 4.51. The largest absolute Gasteiger partial charge is 0.497 e. The van der Waals surface area contributed by atoms with E-state index in [1.807, 2.05) is 68.4 Å². The molecule has 2 amide bonds. The van der Waals surface area contributed by atoms with Crippen molar-refractivity contribution in [3.63, 3.8) is 0 Å². The molecule has 0 bridgehead atoms. The van der Waals surface area contributed by atoms with Gasteiger partial charge in [-0.25, -0.2) is 4.79 Å². The van der Waals surface area contributed by atoms with Gasteiger partial charge in [-0.3, -0.25) is 4.90 Å². The van der Waals surface area contributed by atoms with Gasteiger partial charge in [0.1, 0.15) is 5.75 Å². The van der Waals surface area contributed by atoms with Crippen LogP contribution in [0.4, 0.5) is 10.5 Å². The Kier molecular flexibility index (Phi) is 6.06. The number of carbonyl (C=O) groups is 1. The molecule has 0 saturated carbocycles. The molecular weight excluding hydrogens is 452 g/mol. The summed E-state index contributed by atoms with van der Waals surface area (Å²) in [5, 5.41) is 7.43. The molecule has 3 aromatic carbocycles. The Balaban J connectivity index is 1.67. The predicted molar refractivity (Wildman–Crippen MR) is 140 cm³/mol. The summed E-state index contributed by atoms with van der Waals surface area (Å²) in [6.45, 7) is 8.05. The average Bonchev–Trinajstić information content (AvgIpc) is 3.35. The summed E-state index contributed by atoms with van der Waals surface area (Å²) in [6, 6.07) is 20.8. The second kappa shape index (κ2) is 9.34. The lowest BCUT2D eigenvalue weighted by Crippen LogP contribution is -2.46. The fraction of sp³-hybridized carbons (Fsp3) is 0.207. The lowest BCUT2D eigenvalue weighted by molar-refractivity contribution is 0.244. The van der Waals surface area contributed by atoms with Gasteiger partial charge < -0.3 is 14.6 Å². The Bertz CT molecular complexity index is 1490. The van der Waals surface area contributed by atoms with Crippen LogP contribution in [-0.2, 0) is 0 Å². The summed E-state index contributed by atoms with van der Waals surface area (Å²) in [5.41, 5.74) is 7.37. The maximum Gasteiger partial charge on any atom is 0.327 e. The molecule has 0 fully saturated rings. The number of methoxy groups -OCH3 is 1. The summed E-state index contributed by atoms with van der Waals surface area (Å²) in [4.78, 5) is 19.8. The number of rotatable bonds is 5. The predicted octanol–water partition coefficient (Wildman–Crippen LogP) is 6.37. The van der Waals surface area contributed by atoms with Crippen LogP contribution in [0.1, 0.15) is 41.1 Å². The number of carbonyl (C=O) groups excluding carboxylic acids is 1. The smallest absolute Gasteiger partial charge is 0.327 e. The number of aryl methyl sites for hydroxylation is 3. The van der Waals surface area contributed by atoms with Crippen LogP contribution in [0.25, 0.3) is 17.0 Å². The number of amides is 2. The van der Waals surface area contributed by atoms with Gasteiger partial charge in [-0.2, -0.15) is 4.98 Å². The van der Waals surface area contributed by atoms with Crippen molar-refractivity contribution in [2.75, 3.05) is 12.0 Å². The number of allylic oxidation sites excluding steroid dienone is 1. The number of nitrogens with one attached hydrogen (secondary N) is 1. The molecule has 0 radical (unpaired) electrons. The van der Waals surface area contributed by atoms with Crippen LogP contribution in [0.5, 0.6) is 5.75 Å². The van der Waals surface area contributed by atoms with Crippen LogP contribution in [0.2, 0.25) is 0 Å². The number of ether oxygens (including phenoxy) is 1. The summed E-state index contributed by atoms with van der Waals surface area (Å²) < 4.78 is 11.2. The molecule has 1 aliphatic rings. The first-order valence-electron chi connectivity index (χ1n) is 11.8. The molecule has 1 N–H and O–H groups in total. The Morgan fingerprint density at radius 3 is 2.50 bits per heavy atom. The maximum absolute atomic E-state index is 13.5. The molecule has 36 heavy (non-hydrogen) atoms. The Hall–Kier alpha value is -4.39. The molecular formula is C29H28N4O3. The van der Waals surface area contributed by atoms with Crippen LogP contribution >= 0.6 is 0 Å². The highest BCUT2D eigenvalue weighted by Gasteiger charge is 2.36. The lowest BCUT2D eigenvalue weighted by Gasteiger charge is -2.35. The summed E-state index contributed by atoms with van der Waals surface area (Å²) in [7, 11) is 1.60. The van der Waals surface area contributed by atoms with Gasteiger partial charge in [-0.1, -0.05) is 53.2 Å². The van der Waals surface area contributed by atoms with Crippen molar-refractivity contribution in [2.45, 2.75) is 33.7 Å². The van der Waals surface area contributed by atoms with E-state index in [9.17, 15) is 4.79 Å². The molecule has 5 rings (SSSR count). The van der Waals surface area contributed by atoms with E-state index in [-0.39, 0.29) is 6.03 Å². The Morgan fingerprint density at radius 2 is 1.75 bits per heavy atom. The standard InChI is InChI=1S/C29H28N4O3/c1-17-8-6-9-22(14-17)27-31-28(36-32-27)25-20(4)33(23-10-7-11-24(16-23)35-5)29(34)30-26(25)21-13-12-18(2)19(3)15-21/h6-16,26H,1-5H3,(H,30,34). The van der Waals surface area contributed by atoms with E-state index in [4.69, 9.17) is 14.2 Å². The zero-order valence-electron chi connectivity index (χ0n) is 21.0. The summed E-state index contributed by atoms with van der Waals surface area (Å²) in [5.74, 6) is 1.52. The first kappa shape index (κ1) is 23.4. The van der Waals surface area contributed by atoms with Crippen LogP contribution in [-0.4, -0.2) is 23.3 Å². The average molecular weight is 481 g/mol. The van der Waals surface area contributed by atoms with E-state index in [0.717, 1.165) is 27.8 Å². The van der Waals surface area contributed by atoms with Crippen LogP contribution in [0, 0.1) is 20.8 Å². The molecule has 7 nitrogen and oxygen atoms in total. The number of urea groups is 1. The van der Waals surface area contributed by atoms with Crippen molar-refractivity contribution in [1.82, 2.24) is 15.5 Å². The van der Waals surface area contributed by atoms with Crippen molar-refractivity contribution < 1.29 is 14.1 Å². The van der Waals surface area contributed by atoms with Gasteiger partial charge >= 0.3 is 6.03 Å². The molecule has 0 saturated heterocycles. The molecule has 1 atom stereocenters. The summed E-state index contributed by atoms with van der Waals surface area (Å²) in [6.07, 6.45) is 0. The zero-order chi connectivity index (χ0) is 25.4. The molecule has 0 aliphatic carbocycles. The minimum Gasteiger partial charge on any atom is -0.497 e. The van der Waals surface area contributed by atoms with Crippen LogP contribution < -0.4 is 15.0 Å². The molecule has 1 aliphatic heterocycles. The van der Waals surface area contributed by atoms with E-state index in [0.29, 0.717) is 28.8 Å². The molecule has 4 aromatic rings.